The summed E-state index contributed by atoms with van der Waals surface area (Å²) in [5.41, 5.74) is 0.319. The molecule has 0 fully saturated rings. The van der Waals surface area contributed by atoms with Crippen LogP contribution in [0.3, 0.4) is 0 Å². The number of H-pyrrole nitrogens is 1. The van der Waals surface area contributed by atoms with Crippen LogP contribution >= 0.6 is 0 Å². The number of ether oxygens (including phenoxy) is 2. The van der Waals surface area contributed by atoms with Crippen molar-refractivity contribution >= 4 is 16.9 Å². The monoisotopic (exact) mass is 249 g/mol. The van der Waals surface area contributed by atoms with Crippen molar-refractivity contribution in [2.45, 2.75) is 0 Å². The summed E-state index contributed by atoms with van der Waals surface area (Å²) in [5.74, 6) is 1.41. The zero-order chi connectivity index (χ0) is 13.3. The quantitative estimate of drug-likeness (QED) is 0.879. The lowest BCUT2D eigenvalue weighted by atomic mass is 10.2. The van der Waals surface area contributed by atoms with Gasteiger partial charge in [-0.05, 0) is 12.1 Å². The number of benzene rings is 1. The summed E-state index contributed by atoms with van der Waals surface area (Å²) in [7, 11) is 6.64. The highest BCUT2D eigenvalue weighted by molar-refractivity contribution is 5.87. The van der Waals surface area contributed by atoms with Gasteiger partial charge in [0.2, 0.25) is 5.95 Å². The first-order valence-corrected chi connectivity index (χ1v) is 5.40. The molecule has 6 heteroatoms. The van der Waals surface area contributed by atoms with Crippen molar-refractivity contribution in [1.29, 1.82) is 0 Å². The van der Waals surface area contributed by atoms with Crippen molar-refractivity contribution in [3.05, 3.63) is 22.5 Å². The van der Waals surface area contributed by atoms with Crippen LogP contribution in [0.1, 0.15) is 0 Å². The molecule has 1 heterocycles. The van der Waals surface area contributed by atoms with Gasteiger partial charge in [-0.25, -0.2) is 4.98 Å². The molecule has 0 unspecified atom stereocenters. The molecule has 0 radical (unpaired) electrons. The fourth-order valence-corrected chi connectivity index (χ4v) is 1.75. The van der Waals surface area contributed by atoms with E-state index >= 15 is 0 Å². The molecule has 1 aromatic carbocycles. The molecule has 1 N–H and O–H groups in total. The summed E-state index contributed by atoms with van der Waals surface area (Å²) >= 11 is 0. The number of hydrogen-bond donors (Lipinski definition) is 1. The highest BCUT2D eigenvalue weighted by atomic mass is 16.5. The number of nitrogens with zero attached hydrogens (tertiary/aromatic N) is 2. The molecule has 0 aliphatic rings. The minimum atomic E-state index is -0.251. The topological polar surface area (TPSA) is 67.5 Å². The van der Waals surface area contributed by atoms with E-state index in [4.69, 9.17) is 9.47 Å². The van der Waals surface area contributed by atoms with Crippen LogP contribution in [0.15, 0.2) is 16.9 Å². The largest absolute Gasteiger partial charge is 0.493 e. The van der Waals surface area contributed by atoms with E-state index in [1.165, 1.54) is 14.2 Å². The highest BCUT2D eigenvalue weighted by Gasteiger charge is 2.14. The van der Waals surface area contributed by atoms with Crippen LogP contribution in [0.5, 0.6) is 11.5 Å². The Kier molecular flexibility index (Phi) is 3.10. The Morgan fingerprint density at radius 2 is 1.94 bits per heavy atom. The predicted octanol–water partition coefficient (Wildman–Crippen LogP) is 1.01. The van der Waals surface area contributed by atoms with E-state index in [0.29, 0.717) is 28.4 Å². The number of rotatable bonds is 3. The molecule has 2 rings (SSSR count). The summed E-state index contributed by atoms with van der Waals surface area (Å²) in [6.45, 7) is 0. The molecule has 0 aliphatic carbocycles. The summed E-state index contributed by atoms with van der Waals surface area (Å²) in [4.78, 5) is 20.9. The van der Waals surface area contributed by atoms with Gasteiger partial charge >= 0.3 is 0 Å². The lowest BCUT2D eigenvalue weighted by Crippen LogP contribution is -2.19. The Morgan fingerprint density at radius 1 is 1.22 bits per heavy atom. The van der Waals surface area contributed by atoms with Crippen LogP contribution in [-0.2, 0) is 0 Å². The molecule has 0 atom stereocenters. The third-order valence-corrected chi connectivity index (χ3v) is 2.63. The highest BCUT2D eigenvalue weighted by Crippen LogP contribution is 2.32. The molecular formula is C12H15N3O3. The summed E-state index contributed by atoms with van der Waals surface area (Å²) in [6, 6.07) is 3.46. The molecule has 96 valence electrons. The SMILES string of the molecule is COc1ccc2nc(N(C)C)[nH]c(=O)c2c1OC. The van der Waals surface area contributed by atoms with Gasteiger partial charge in [-0.3, -0.25) is 9.78 Å². The Morgan fingerprint density at radius 3 is 2.50 bits per heavy atom. The minimum absolute atomic E-state index is 0.251. The Hall–Kier alpha value is -2.24. The smallest absolute Gasteiger partial charge is 0.264 e. The van der Waals surface area contributed by atoms with Gasteiger partial charge in [-0.15, -0.1) is 0 Å². The number of methoxy groups -OCH3 is 2. The average Bonchev–Trinajstić information content (AvgIpc) is 2.36. The molecule has 6 nitrogen and oxygen atoms in total. The van der Waals surface area contributed by atoms with Crippen molar-refractivity contribution in [2.75, 3.05) is 33.2 Å². The van der Waals surface area contributed by atoms with Crippen molar-refractivity contribution in [2.24, 2.45) is 0 Å². The third-order valence-electron chi connectivity index (χ3n) is 2.63. The van der Waals surface area contributed by atoms with Gasteiger partial charge in [-0.2, -0.15) is 0 Å². The fraction of sp³-hybridized carbons (Fsp3) is 0.333. The molecule has 0 aliphatic heterocycles. The number of nitrogens with one attached hydrogen (secondary N) is 1. The maximum atomic E-state index is 12.1. The van der Waals surface area contributed by atoms with E-state index in [-0.39, 0.29) is 5.56 Å². The van der Waals surface area contributed by atoms with Crippen molar-refractivity contribution < 1.29 is 9.47 Å². The predicted molar refractivity (Wildman–Crippen MR) is 69.8 cm³/mol. The first-order valence-electron chi connectivity index (χ1n) is 5.40. The third kappa shape index (κ3) is 1.85. The first kappa shape index (κ1) is 12.2. The van der Waals surface area contributed by atoms with Crippen LogP contribution in [-0.4, -0.2) is 38.3 Å². The first-order chi connectivity index (χ1) is 8.58. The maximum absolute atomic E-state index is 12.1. The number of aromatic nitrogens is 2. The van der Waals surface area contributed by atoms with Gasteiger partial charge in [0.05, 0.1) is 19.7 Å². The Balaban J connectivity index is 2.83. The van der Waals surface area contributed by atoms with Gasteiger partial charge in [0.15, 0.2) is 11.5 Å². The van der Waals surface area contributed by atoms with Crippen molar-refractivity contribution in [3.8, 4) is 11.5 Å². The molecule has 0 spiro atoms. The number of anilines is 1. The lowest BCUT2D eigenvalue weighted by molar-refractivity contribution is 0.358. The van der Waals surface area contributed by atoms with E-state index < -0.39 is 0 Å². The van der Waals surface area contributed by atoms with Crippen LogP contribution in [0.25, 0.3) is 10.9 Å². The Labute approximate surface area is 104 Å². The molecule has 0 saturated carbocycles. The van der Waals surface area contributed by atoms with E-state index in [9.17, 15) is 4.79 Å². The fourth-order valence-electron chi connectivity index (χ4n) is 1.75. The van der Waals surface area contributed by atoms with Gasteiger partial charge in [0.1, 0.15) is 5.39 Å². The van der Waals surface area contributed by atoms with Crippen molar-refractivity contribution in [1.82, 2.24) is 9.97 Å². The second-order valence-electron chi connectivity index (χ2n) is 3.98. The zero-order valence-electron chi connectivity index (χ0n) is 10.8. The molecule has 0 saturated heterocycles. The number of hydrogen-bond acceptors (Lipinski definition) is 5. The van der Waals surface area contributed by atoms with Crippen molar-refractivity contribution in [3.63, 3.8) is 0 Å². The number of aromatic amines is 1. The molecule has 0 bridgehead atoms. The zero-order valence-corrected chi connectivity index (χ0v) is 10.8. The van der Waals surface area contributed by atoms with Crippen LogP contribution < -0.4 is 19.9 Å². The van der Waals surface area contributed by atoms with E-state index in [1.807, 2.05) is 14.1 Å². The van der Waals surface area contributed by atoms with E-state index in [0.717, 1.165) is 0 Å². The minimum Gasteiger partial charge on any atom is -0.493 e. The second kappa shape index (κ2) is 4.56. The van der Waals surface area contributed by atoms with Crippen LogP contribution in [0, 0.1) is 0 Å². The van der Waals surface area contributed by atoms with Gasteiger partial charge < -0.3 is 14.4 Å². The molecule has 18 heavy (non-hydrogen) atoms. The summed E-state index contributed by atoms with van der Waals surface area (Å²) in [6.07, 6.45) is 0. The molecule has 1 aromatic heterocycles. The lowest BCUT2D eigenvalue weighted by Gasteiger charge is -2.13. The van der Waals surface area contributed by atoms with Gasteiger partial charge in [0, 0.05) is 14.1 Å². The van der Waals surface area contributed by atoms with Crippen LogP contribution in [0.2, 0.25) is 0 Å². The second-order valence-corrected chi connectivity index (χ2v) is 3.98. The molecular weight excluding hydrogens is 234 g/mol. The average molecular weight is 249 g/mol. The molecule has 2 aromatic rings. The van der Waals surface area contributed by atoms with Gasteiger partial charge in [0.25, 0.3) is 5.56 Å². The summed E-state index contributed by atoms with van der Waals surface area (Å²) in [5, 5.41) is 0.391. The number of fused-ring (bicyclic) bond motifs is 1. The normalized spacial score (nSPS) is 10.4. The van der Waals surface area contributed by atoms with E-state index in [2.05, 4.69) is 9.97 Å². The van der Waals surface area contributed by atoms with Crippen LogP contribution in [0.4, 0.5) is 5.95 Å². The standard InChI is InChI=1S/C12H15N3O3/c1-15(2)12-13-7-5-6-8(17-3)10(18-4)9(7)11(16)14-12/h5-6H,1-4H3,(H,13,14,16). The maximum Gasteiger partial charge on any atom is 0.264 e. The Bertz CT molecular complexity index is 634. The summed E-state index contributed by atoms with van der Waals surface area (Å²) < 4.78 is 10.4. The van der Waals surface area contributed by atoms with E-state index in [1.54, 1.807) is 17.0 Å². The van der Waals surface area contributed by atoms with Gasteiger partial charge in [-0.1, -0.05) is 0 Å². The molecule has 0 amide bonds.